The van der Waals surface area contributed by atoms with E-state index in [4.69, 9.17) is 0 Å². The van der Waals surface area contributed by atoms with Crippen molar-refractivity contribution in [3.63, 3.8) is 0 Å². The minimum atomic E-state index is -3.57. The summed E-state index contributed by atoms with van der Waals surface area (Å²) >= 11 is 0. The van der Waals surface area contributed by atoms with Crippen molar-refractivity contribution >= 4 is 32.4 Å². The molecule has 0 bridgehead atoms. The van der Waals surface area contributed by atoms with Crippen LogP contribution in [0.4, 0.5) is 11.4 Å². The van der Waals surface area contributed by atoms with Crippen LogP contribution in [0.1, 0.15) is 0 Å². The third-order valence-corrected chi connectivity index (χ3v) is 3.26. The molecule has 15 heavy (non-hydrogen) atoms. The van der Waals surface area contributed by atoms with Gasteiger partial charge >= 0.3 is 10.2 Å². The standard InChI is InChI=1S/C10H7N2O2S/c13-15(14)11-8-5-1-3-7-4-2-6-9(12-15)10(7)8/h1-6,11H. The van der Waals surface area contributed by atoms with Crippen LogP contribution in [0.3, 0.4) is 0 Å². The maximum atomic E-state index is 11.4. The number of rotatable bonds is 0. The molecule has 1 N–H and O–H groups in total. The second-order valence-corrected chi connectivity index (χ2v) is 4.69. The summed E-state index contributed by atoms with van der Waals surface area (Å²) in [5, 5.41) is 1.84. The fraction of sp³-hybridized carbons (Fsp3) is 0. The summed E-state index contributed by atoms with van der Waals surface area (Å²) in [5.41, 5.74) is 1.10. The van der Waals surface area contributed by atoms with Crippen LogP contribution in [-0.4, -0.2) is 8.42 Å². The molecular weight excluding hydrogens is 212 g/mol. The molecule has 0 amide bonds. The number of nitrogens with one attached hydrogen (secondary N) is 1. The Hall–Kier alpha value is -1.75. The minimum Gasteiger partial charge on any atom is -0.264 e. The van der Waals surface area contributed by atoms with Crippen molar-refractivity contribution in [2.24, 2.45) is 0 Å². The molecule has 5 heteroatoms. The van der Waals surface area contributed by atoms with E-state index in [1.54, 1.807) is 18.2 Å². The highest BCUT2D eigenvalue weighted by molar-refractivity contribution is 7.91. The number of nitrogens with zero attached hydrogens (tertiary/aromatic N) is 1. The molecule has 2 aromatic rings. The van der Waals surface area contributed by atoms with Gasteiger partial charge in [0.2, 0.25) is 0 Å². The van der Waals surface area contributed by atoms with Crippen LogP contribution in [0.5, 0.6) is 0 Å². The number of anilines is 1. The Kier molecular flexibility index (Phi) is 1.50. The maximum Gasteiger partial charge on any atom is 0.342 e. The molecule has 1 aliphatic heterocycles. The smallest absolute Gasteiger partial charge is 0.264 e. The molecule has 0 saturated carbocycles. The van der Waals surface area contributed by atoms with Crippen molar-refractivity contribution in [3.05, 3.63) is 36.4 Å². The molecule has 1 aliphatic rings. The lowest BCUT2D eigenvalue weighted by atomic mass is 10.1. The van der Waals surface area contributed by atoms with E-state index in [1.165, 1.54) is 0 Å². The van der Waals surface area contributed by atoms with E-state index in [0.717, 1.165) is 10.8 Å². The molecule has 3 rings (SSSR count). The summed E-state index contributed by atoms with van der Waals surface area (Å²) in [6.45, 7) is 0. The Morgan fingerprint density at radius 2 is 1.80 bits per heavy atom. The van der Waals surface area contributed by atoms with E-state index in [2.05, 4.69) is 9.44 Å². The van der Waals surface area contributed by atoms with Gasteiger partial charge in [-0.15, -0.1) is 4.72 Å². The van der Waals surface area contributed by atoms with Gasteiger partial charge in [0.1, 0.15) is 0 Å². The normalized spacial score (nSPS) is 16.8. The van der Waals surface area contributed by atoms with Crippen LogP contribution in [0.15, 0.2) is 36.4 Å². The summed E-state index contributed by atoms with van der Waals surface area (Å²) in [6, 6.07) is 10.9. The van der Waals surface area contributed by atoms with Gasteiger partial charge in [-0.25, -0.2) is 0 Å². The first-order valence-corrected chi connectivity index (χ1v) is 5.87. The third-order valence-electron chi connectivity index (χ3n) is 2.34. The van der Waals surface area contributed by atoms with E-state index in [-0.39, 0.29) is 0 Å². The first-order valence-electron chi connectivity index (χ1n) is 4.43. The molecule has 0 atom stereocenters. The van der Waals surface area contributed by atoms with Crippen LogP contribution in [0, 0.1) is 0 Å². The summed E-state index contributed by atoms with van der Waals surface area (Å²) in [6.07, 6.45) is 0. The highest BCUT2D eigenvalue weighted by atomic mass is 32.2. The lowest BCUT2D eigenvalue weighted by molar-refractivity contribution is 0.595. The first-order chi connectivity index (χ1) is 7.16. The quantitative estimate of drug-likeness (QED) is 0.733. The zero-order valence-electron chi connectivity index (χ0n) is 7.64. The molecule has 75 valence electrons. The van der Waals surface area contributed by atoms with Gasteiger partial charge in [0.15, 0.2) is 0 Å². The number of benzene rings is 2. The zero-order chi connectivity index (χ0) is 10.5. The van der Waals surface area contributed by atoms with Crippen LogP contribution in [-0.2, 0) is 10.2 Å². The molecule has 0 unspecified atom stereocenters. The average molecular weight is 219 g/mol. The second kappa shape index (κ2) is 2.64. The molecule has 1 heterocycles. The summed E-state index contributed by atoms with van der Waals surface area (Å²) < 4.78 is 28.8. The minimum absolute atomic E-state index is 0.502. The molecule has 0 fully saturated rings. The van der Waals surface area contributed by atoms with Crippen molar-refractivity contribution in [2.45, 2.75) is 0 Å². The fourth-order valence-corrected chi connectivity index (χ4v) is 2.68. The van der Waals surface area contributed by atoms with Crippen molar-refractivity contribution in [1.29, 1.82) is 0 Å². The predicted molar refractivity (Wildman–Crippen MR) is 58.3 cm³/mol. The number of hydrogen-bond donors (Lipinski definition) is 1. The summed E-state index contributed by atoms with van der Waals surface area (Å²) in [5.74, 6) is 0. The lowest BCUT2D eigenvalue weighted by Crippen LogP contribution is -2.24. The van der Waals surface area contributed by atoms with Gasteiger partial charge in [0.05, 0.1) is 11.4 Å². The molecule has 0 saturated heterocycles. The Morgan fingerprint density at radius 3 is 2.60 bits per heavy atom. The highest BCUT2D eigenvalue weighted by Crippen LogP contribution is 2.34. The number of hydrogen-bond acceptors (Lipinski definition) is 2. The second-order valence-electron chi connectivity index (χ2n) is 3.35. The monoisotopic (exact) mass is 219 g/mol. The highest BCUT2D eigenvalue weighted by Gasteiger charge is 2.22. The van der Waals surface area contributed by atoms with Gasteiger partial charge < -0.3 is 0 Å². The maximum absolute atomic E-state index is 11.4. The Morgan fingerprint density at radius 1 is 1.07 bits per heavy atom. The van der Waals surface area contributed by atoms with Gasteiger partial charge in [-0.1, -0.05) is 24.3 Å². The van der Waals surface area contributed by atoms with E-state index in [9.17, 15) is 8.42 Å². The molecular formula is C10H7N2O2S. The fourth-order valence-electron chi connectivity index (χ4n) is 1.77. The van der Waals surface area contributed by atoms with Crippen LogP contribution in [0.25, 0.3) is 10.8 Å². The van der Waals surface area contributed by atoms with Gasteiger partial charge in [0, 0.05) is 5.39 Å². The van der Waals surface area contributed by atoms with Gasteiger partial charge in [0.25, 0.3) is 0 Å². The van der Waals surface area contributed by atoms with E-state index < -0.39 is 10.2 Å². The van der Waals surface area contributed by atoms with Gasteiger partial charge in [-0.2, -0.15) is 8.42 Å². The summed E-state index contributed by atoms with van der Waals surface area (Å²) in [7, 11) is -3.57. The van der Waals surface area contributed by atoms with Crippen LogP contribution in [0.2, 0.25) is 0 Å². The first kappa shape index (κ1) is 8.55. The molecule has 0 aliphatic carbocycles. The Bertz CT molecular complexity index is 603. The van der Waals surface area contributed by atoms with Crippen molar-refractivity contribution < 1.29 is 8.42 Å². The lowest BCUT2D eigenvalue weighted by Gasteiger charge is -2.17. The largest absolute Gasteiger partial charge is 0.342 e. The van der Waals surface area contributed by atoms with Crippen LogP contribution >= 0.6 is 0 Å². The van der Waals surface area contributed by atoms with E-state index in [0.29, 0.717) is 11.4 Å². The predicted octanol–water partition coefficient (Wildman–Crippen LogP) is 1.75. The Balaban J connectivity index is 2.46. The van der Waals surface area contributed by atoms with Crippen molar-refractivity contribution in [1.82, 2.24) is 4.72 Å². The Labute approximate surface area is 87.1 Å². The molecule has 0 spiro atoms. The molecule has 0 aromatic heterocycles. The average Bonchev–Trinajstić information content (AvgIpc) is 2.16. The molecule has 4 nitrogen and oxygen atoms in total. The topological polar surface area (TPSA) is 60.3 Å². The zero-order valence-corrected chi connectivity index (χ0v) is 8.45. The summed E-state index contributed by atoms with van der Waals surface area (Å²) in [4.78, 5) is 0. The van der Waals surface area contributed by atoms with Gasteiger partial charge in [-0.3, -0.25) is 4.72 Å². The molecule has 2 aromatic carbocycles. The van der Waals surface area contributed by atoms with Gasteiger partial charge in [-0.05, 0) is 17.5 Å². The van der Waals surface area contributed by atoms with Crippen molar-refractivity contribution in [3.8, 4) is 0 Å². The van der Waals surface area contributed by atoms with Crippen LogP contribution < -0.4 is 9.44 Å². The molecule has 1 radical (unpaired) electrons. The third kappa shape index (κ3) is 1.24. The SMILES string of the molecule is O=S1(=O)[N]c2cccc3cccc(c23)N1. The van der Waals surface area contributed by atoms with E-state index in [1.807, 2.05) is 18.2 Å². The van der Waals surface area contributed by atoms with Crippen molar-refractivity contribution in [2.75, 3.05) is 4.72 Å². The van der Waals surface area contributed by atoms with E-state index >= 15 is 0 Å².